The number of aliphatic carboxylic acids is 1. The first-order valence-corrected chi connectivity index (χ1v) is 6.78. The van der Waals surface area contributed by atoms with Crippen LogP contribution in [0.3, 0.4) is 0 Å². The van der Waals surface area contributed by atoms with Crippen LogP contribution in [0.25, 0.3) is 6.08 Å². The van der Waals surface area contributed by atoms with Gasteiger partial charge in [-0.15, -0.1) is 0 Å². The molecule has 0 saturated carbocycles. The SMILES string of the molecule is CC1(C)CCC(C)(C)c2cc(C=CC(=O)O)ccc21. The van der Waals surface area contributed by atoms with Crippen molar-refractivity contribution in [2.75, 3.05) is 0 Å². The van der Waals surface area contributed by atoms with Crippen LogP contribution in [-0.2, 0) is 15.6 Å². The van der Waals surface area contributed by atoms with Gasteiger partial charge in [-0.1, -0.05) is 45.9 Å². The maximum absolute atomic E-state index is 10.6. The largest absolute Gasteiger partial charge is 0.478 e. The van der Waals surface area contributed by atoms with Crippen LogP contribution < -0.4 is 0 Å². The minimum Gasteiger partial charge on any atom is -0.478 e. The molecule has 0 bridgehead atoms. The normalized spacial score (nSPS) is 20.2. The minimum atomic E-state index is -0.905. The Morgan fingerprint density at radius 2 is 1.68 bits per heavy atom. The topological polar surface area (TPSA) is 37.3 Å². The van der Waals surface area contributed by atoms with E-state index in [0.29, 0.717) is 0 Å². The summed E-state index contributed by atoms with van der Waals surface area (Å²) in [6.45, 7) is 9.11. The standard InChI is InChI=1S/C17H22O2/c1-16(2)9-10-17(3,4)14-11-12(5-7-13(14)16)6-8-15(18)19/h5-8,11H,9-10H2,1-4H3,(H,18,19). The summed E-state index contributed by atoms with van der Waals surface area (Å²) in [7, 11) is 0. The third-order valence-electron chi connectivity index (χ3n) is 4.30. The van der Waals surface area contributed by atoms with Crippen molar-refractivity contribution in [3.63, 3.8) is 0 Å². The summed E-state index contributed by atoms with van der Waals surface area (Å²) in [6.07, 6.45) is 5.22. The van der Waals surface area contributed by atoms with Crippen molar-refractivity contribution in [1.82, 2.24) is 0 Å². The Bertz CT molecular complexity index is 536. The molecule has 1 aromatic rings. The van der Waals surface area contributed by atoms with Gasteiger partial charge in [0.05, 0.1) is 0 Å². The summed E-state index contributed by atoms with van der Waals surface area (Å²) in [4.78, 5) is 10.6. The molecule has 0 unspecified atom stereocenters. The minimum absolute atomic E-state index is 0.165. The van der Waals surface area contributed by atoms with E-state index in [1.165, 1.54) is 30.0 Å². The molecule has 102 valence electrons. The zero-order valence-electron chi connectivity index (χ0n) is 12.2. The number of fused-ring (bicyclic) bond motifs is 1. The van der Waals surface area contributed by atoms with Crippen LogP contribution in [0.2, 0.25) is 0 Å². The number of hydrogen-bond acceptors (Lipinski definition) is 1. The van der Waals surface area contributed by atoms with Crippen LogP contribution in [-0.4, -0.2) is 11.1 Å². The maximum Gasteiger partial charge on any atom is 0.328 e. The lowest BCUT2D eigenvalue weighted by Gasteiger charge is -2.42. The van der Waals surface area contributed by atoms with E-state index >= 15 is 0 Å². The van der Waals surface area contributed by atoms with Crippen molar-refractivity contribution in [2.24, 2.45) is 0 Å². The average Bonchev–Trinajstić information content (AvgIpc) is 2.32. The van der Waals surface area contributed by atoms with E-state index in [1.54, 1.807) is 6.08 Å². The van der Waals surface area contributed by atoms with Gasteiger partial charge in [0.25, 0.3) is 0 Å². The Morgan fingerprint density at radius 1 is 1.11 bits per heavy atom. The quantitative estimate of drug-likeness (QED) is 0.810. The highest BCUT2D eigenvalue weighted by Crippen LogP contribution is 2.45. The Morgan fingerprint density at radius 3 is 2.26 bits per heavy atom. The molecule has 0 fully saturated rings. The number of benzene rings is 1. The summed E-state index contributed by atoms with van der Waals surface area (Å²) in [5.74, 6) is -0.905. The molecule has 1 aliphatic carbocycles. The lowest BCUT2D eigenvalue weighted by Crippen LogP contribution is -2.33. The van der Waals surface area contributed by atoms with E-state index in [0.717, 1.165) is 5.56 Å². The number of carboxylic acids is 1. The molecule has 2 rings (SSSR count). The van der Waals surface area contributed by atoms with Crippen LogP contribution in [0.4, 0.5) is 0 Å². The zero-order chi connectivity index (χ0) is 14.3. The van der Waals surface area contributed by atoms with Gasteiger partial charge in [0.1, 0.15) is 0 Å². The van der Waals surface area contributed by atoms with Crippen molar-refractivity contribution in [3.05, 3.63) is 41.0 Å². The molecule has 0 radical (unpaired) electrons. The molecule has 1 N–H and O–H groups in total. The van der Waals surface area contributed by atoms with Crippen LogP contribution in [0.15, 0.2) is 24.3 Å². The molecule has 19 heavy (non-hydrogen) atoms. The maximum atomic E-state index is 10.6. The van der Waals surface area contributed by atoms with E-state index in [9.17, 15) is 4.79 Å². The summed E-state index contributed by atoms with van der Waals surface area (Å²) >= 11 is 0. The van der Waals surface area contributed by atoms with Gasteiger partial charge in [-0.2, -0.15) is 0 Å². The molecule has 0 aromatic heterocycles. The fraction of sp³-hybridized carbons (Fsp3) is 0.471. The highest BCUT2D eigenvalue weighted by Gasteiger charge is 2.36. The van der Waals surface area contributed by atoms with E-state index in [-0.39, 0.29) is 10.8 Å². The lowest BCUT2D eigenvalue weighted by molar-refractivity contribution is -0.131. The van der Waals surface area contributed by atoms with Crippen LogP contribution in [0.5, 0.6) is 0 Å². The van der Waals surface area contributed by atoms with Gasteiger partial charge in [0, 0.05) is 6.08 Å². The van der Waals surface area contributed by atoms with Gasteiger partial charge in [-0.25, -0.2) is 4.79 Å². The van der Waals surface area contributed by atoms with Crippen molar-refractivity contribution in [2.45, 2.75) is 51.4 Å². The highest BCUT2D eigenvalue weighted by molar-refractivity contribution is 5.85. The molecule has 0 atom stereocenters. The van der Waals surface area contributed by atoms with E-state index in [4.69, 9.17) is 5.11 Å². The van der Waals surface area contributed by atoms with Crippen molar-refractivity contribution in [3.8, 4) is 0 Å². The fourth-order valence-electron chi connectivity index (χ4n) is 2.88. The summed E-state index contributed by atoms with van der Waals surface area (Å²) in [5, 5.41) is 8.71. The Kier molecular flexibility index (Phi) is 3.29. The molecular formula is C17H22O2. The van der Waals surface area contributed by atoms with Gasteiger partial charge in [0.15, 0.2) is 0 Å². The molecule has 0 saturated heterocycles. The number of hydrogen-bond donors (Lipinski definition) is 1. The second-order valence-corrected chi connectivity index (χ2v) is 6.74. The predicted molar refractivity (Wildman–Crippen MR) is 78.4 cm³/mol. The average molecular weight is 258 g/mol. The first kappa shape index (κ1) is 13.9. The van der Waals surface area contributed by atoms with Crippen molar-refractivity contribution in [1.29, 1.82) is 0 Å². The van der Waals surface area contributed by atoms with Gasteiger partial charge in [0.2, 0.25) is 0 Å². The van der Waals surface area contributed by atoms with Gasteiger partial charge in [-0.3, -0.25) is 0 Å². The summed E-state index contributed by atoms with van der Waals surface area (Å²) < 4.78 is 0. The van der Waals surface area contributed by atoms with Crippen molar-refractivity contribution >= 4 is 12.0 Å². The summed E-state index contributed by atoms with van der Waals surface area (Å²) in [5.41, 5.74) is 4.09. The molecule has 0 aliphatic heterocycles. The van der Waals surface area contributed by atoms with Crippen LogP contribution >= 0.6 is 0 Å². The van der Waals surface area contributed by atoms with Gasteiger partial charge in [-0.05, 0) is 46.4 Å². The molecule has 0 spiro atoms. The van der Waals surface area contributed by atoms with E-state index < -0.39 is 5.97 Å². The van der Waals surface area contributed by atoms with Gasteiger partial charge < -0.3 is 5.11 Å². The van der Waals surface area contributed by atoms with E-state index in [1.807, 2.05) is 6.07 Å². The first-order valence-electron chi connectivity index (χ1n) is 6.78. The van der Waals surface area contributed by atoms with Gasteiger partial charge >= 0.3 is 5.97 Å². The number of carboxylic acid groups (broad SMARTS) is 1. The molecule has 2 nitrogen and oxygen atoms in total. The monoisotopic (exact) mass is 258 g/mol. The second kappa shape index (κ2) is 4.52. The van der Waals surface area contributed by atoms with E-state index in [2.05, 4.69) is 39.8 Å². The highest BCUT2D eigenvalue weighted by atomic mass is 16.4. The number of carbonyl (C=O) groups is 1. The Hall–Kier alpha value is -1.57. The predicted octanol–water partition coefficient (Wildman–Crippen LogP) is 4.13. The zero-order valence-corrected chi connectivity index (χ0v) is 12.2. The number of rotatable bonds is 2. The molecule has 0 heterocycles. The third-order valence-corrected chi connectivity index (χ3v) is 4.30. The first-order chi connectivity index (χ1) is 8.72. The third kappa shape index (κ3) is 2.73. The van der Waals surface area contributed by atoms with Crippen LogP contribution in [0.1, 0.15) is 57.2 Å². The summed E-state index contributed by atoms with van der Waals surface area (Å²) in [6, 6.07) is 6.33. The van der Waals surface area contributed by atoms with Crippen molar-refractivity contribution < 1.29 is 9.90 Å². The Balaban J connectivity index is 2.50. The smallest absolute Gasteiger partial charge is 0.328 e. The van der Waals surface area contributed by atoms with Crippen LogP contribution in [0, 0.1) is 0 Å². The molecular weight excluding hydrogens is 236 g/mol. The molecule has 2 heteroatoms. The fourth-order valence-corrected chi connectivity index (χ4v) is 2.88. The lowest BCUT2D eigenvalue weighted by atomic mass is 9.63. The molecule has 0 amide bonds. The Labute approximate surface area is 115 Å². The molecule has 1 aromatic carbocycles. The second-order valence-electron chi connectivity index (χ2n) is 6.74. The molecule has 1 aliphatic rings.